The molecule has 1 rings (SSSR count). The van der Waals surface area contributed by atoms with Crippen LogP contribution in [0.4, 0.5) is 0 Å². The highest BCUT2D eigenvalue weighted by Gasteiger charge is 2.03. The monoisotopic (exact) mass is 134 g/mol. The standard InChI is InChI=1S/C10H14/c1-3-6-10-8-5-7-9(10)4-2/h4-7H,3,8H2,1-2H3/b9-4-,10-6-. The topological polar surface area (TPSA) is 0 Å². The Morgan fingerprint density at radius 1 is 1.60 bits per heavy atom. The van der Waals surface area contributed by atoms with E-state index >= 15 is 0 Å². The predicted molar refractivity (Wildman–Crippen MR) is 45.9 cm³/mol. The van der Waals surface area contributed by atoms with E-state index in [0.717, 1.165) is 12.8 Å². The Morgan fingerprint density at radius 2 is 2.40 bits per heavy atom. The molecule has 0 aromatic rings. The smallest absolute Gasteiger partial charge is 0.00915 e. The van der Waals surface area contributed by atoms with Crippen molar-refractivity contribution in [2.24, 2.45) is 0 Å². The Bertz CT molecular complexity index is 192. The summed E-state index contributed by atoms with van der Waals surface area (Å²) in [4.78, 5) is 0. The second kappa shape index (κ2) is 3.40. The normalized spacial score (nSPS) is 25.0. The third kappa shape index (κ3) is 1.38. The van der Waals surface area contributed by atoms with Crippen molar-refractivity contribution in [3.8, 4) is 0 Å². The van der Waals surface area contributed by atoms with Gasteiger partial charge in [0.1, 0.15) is 0 Å². The van der Waals surface area contributed by atoms with Gasteiger partial charge in [-0.05, 0) is 30.9 Å². The summed E-state index contributed by atoms with van der Waals surface area (Å²) >= 11 is 0. The number of hydrogen-bond donors (Lipinski definition) is 0. The van der Waals surface area contributed by atoms with Crippen LogP contribution in [-0.2, 0) is 0 Å². The largest absolute Gasteiger partial charge is 0.0807 e. The average Bonchev–Trinajstić information content (AvgIpc) is 2.36. The molecule has 1 aliphatic carbocycles. The maximum absolute atomic E-state index is 2.30. The molecule has 0 heterocycles. The zero-order valence-corrected chi connectivity index (χ0v) is 6.72. The molecule has 0 nitrogen and oxygen atoms in total. The Kier molecular flexibility index (Phi) is 2.49. The minimum absolute atomic E-state index is 1.13. The minimum Gasteiger partial charge on any atom is -0.0807 e. The molecule has 0 unspecified atom stereocenters. The van der Waals surface area contributed by atoms with E-state index in [9.17, 15) is 0 Å². The lowest BCUT2D eigenvalue weighted by molar-refractivity contribution is 1.16. The van der Waals surface area contributed by atoms with E-state index in [4.69, 9.17) is 0 Å². The first-order chi connectivity index (χ1) is 4.88. The quantitative estimate of drug-likeness (QED) is 0.516. The summed E-state index contributed by atoms with van der Waals surface area (Å²) in [7, 11) is 0. The molecule has 0 aromatic heterocycles. The first kappa shape index (κ1) is 7.33. The van der Waals surface area contributed by atoms with Gasteiger partial charge in [-0.15, -0.1) is 0 Å². The zero-order chi connectivity index (χ0) is 7.40. The lowest BCUT2D eigenvalue weighted by atomic mass is 10.1. The van der Waals surface area contributed by atoms with Gasteiger partial charge in [0, 0.05) is 0 Å². The van der Waals surface area contributed by atoms with Crippen molar-refractivity contribution in [2.45, 2.75) is 26.7 Å². The average molecular weight is 134 g/mol. The summed E-state index contributed by atoms with van der Waals surface area (Å²) in [6.45, 7) is 4.27. The highest BCUT2D eigenvalue weighted by atomic mass is 14.1. The Hall–Kier alpha value is -0.780. The summed E-state index contributed by atoms with van der Waals surface area (Å²) in [5, 5.41) is 0. The molecule has 0 saturated heterocycles. The number of rotatable bonds is 1. The van der Waals surface area contributed by atoms with Gasteiger partial charge in [0.25, 0.3) is 0 Å². The van der Waals surface area contributed by atoms with Crippen molar-refractivity contribution in [1.82, 2.24) is 0 Å². The molecule has 0 aromatic carbocycles. The third-order valence-corrected chi connectivity index (χ3v) is 1.77. The predicted octanol–water partition coefficient (Wildman–Crippen LogP) is 3.23. The first-order valence-electron chi connectivity index (χ1n) is 3.90. The van der Waals surface area contributed by atoms with Crippen LogP contribution < -0.4 is 0 Å². The van der Waals surface area contributed by atoms with Gasteiger partial charge in [0.2, 0.25) is 0 Å². The van der Waals surface area contributed by atoms with Crippen molar-refractivity contribution < 1.29 is 0 Å². The van der Waals surface area contributed by atoms with E-state index in [2.05, 4.69) is 38.2 Å². The maximum Gasteiger partial charge on any atom is -0.00915 e. The van der Waals surface area contributed by atoms with Gasteiger partial charge in [-0.25, -0.2) is 0 Å². The van der Waals surface area contributed by atoms with Crippen molar-refractivity contribution in [2.75, 3.05) is 0 Å². The third-order valence-electron chi connectivity index (χ3n) is 1.77. The molecule has 0 amide bonds. The van der Waals surface area contributed by atoms with Gasteiger partial charge in [-0.1, -0.05) is 31.2 Å². The van der Waals surface area contributed by atoms with Gasteiger partial charge < -0.3 is 0 Å². The van der Waals surface area contributed by atoms with Crippen molar-refractivity contribution in [3.05, 3.63) is 35.5 Å². The van der Waals surface area contributed by atoms with Crippen LogP contribution >= 0.6 is 0 Å². The SMILES string of the molecule is C/C=C1/C=CC/C1=C/CC. The maximum atomic E-state index is 2.30. The minimum atomic E-state index is 1.13. The molecule has 0 radical (unpaired) electrons. The molecule has 0 spiro atoms. The molecule has 0 N–H and O–H groups in total. The van der Waals surface area contributed by atoms with Crippen LogP contribution in [0.25, 0.3) is 0 Å². The van der Waals surface area contributed by atoms with Crippen molar-refractivity contribution in [3.63, 3.8) is 0 Å². The van der Waals surface area contributed by atoms with Crippen LogP contribution in [0.2, 0.25) is 0 Å². The molecule has 10 heavy (non-hydrogen) atoms. The van der Waals surface area contributed by atoms with E-state index in [1.165, 1.54) is 11.1 Å². The Morgan fingerprint density at radius 3 is 3.00 bits per heavy atom. The summed E-state index contributed by atoms with van der Waals surface area (Å²) in [5.41, 5.74) is 2.90. The van der Waals surface area contributed by atoms with Crippen LogP contribution in [0.3, 0.4) is 0 Å². The van der Waals surface area contributed by atoms with Crippen LogP contribution in [0.15, 0.2) is 35.5 Å². The summed E-state index contributed by atoms with van der Waals surface area (Å²) < 4.78 is 0. The molecular weight excluding hydrogens is 120 g/mol. The second-order valence-electron chi connectivity index (χ2n) is 2.49. The van der Waals surface area contributed by atoms with E-state index < -0.39 is 0 Å². The van der Waals surface area contributed by atoms with Crippen LogP contribution in [-0.4, -0.2) is 0 Å². The lowest BCUT2D eigenvalue weighted by Crippen LogP contribution is -1.77. The second-order valence-corrected chi connectivity index (χ2v) is 2.49. The Labute approximate surface area is 62.9 Å². The van der Waals surface area contributed by atoms with Crippen LogP contribution in [0.5, 0.6) is 0 Å². The van der Waals surface area contributed by atoms with Crippen LogP contribution in [0.1, 0.15) is 26.7 Å². The fraction of sp³-hybridized carbons (Fsp3) is 0.400. The van der Waals surface area contributed by atoms with E-state index in [0.29, 0.717) is 0 Å². The molecule has 0 heteroatoms. The molecule has 1 aliphatic rings. The van der Waals surface area contributed by atoms with Gasteiger partial charge >= 0.3 is 0 Å². The van der Waals surface area contributed by atoms with Crippen LogP contribution in [0, 0.1) is 0 Å². The zero-order valence-electron chi connectivity index (χ0n) is 6.72. The van der Waals surface area contributed by atoms with Gasteiger partial charge in [-0.2, -0.15) is 0 Å². The Balaban J connectivity index is 2.75. The van der Waals surface area contributed by atoms with Gasteiger partial charge in [0.15, 0.2) is 0 Å². The summed E-state index contributed by atoms with van der Waals surface area (Å²) in [5.74, 6) is 0. The highest BCUT2D eigenvalue weighted by molar-refractivity contribution is 5.45. The van der Waals surface area contributed by atoms with Crippen molar-refractivity contribution in [1.29, 1.82) is 0 Å². The van der Waals surface area contributed by atoms with E-state index in [1.807, 2.05) is 0 Å². The molecular formula is C10H14. The molecule has 0 aliphatic heterocycles. The van der Waals surface area contributed by atoms with Gasteiger partial charge in [0.05, 0.1) is 0 Å². The number of allylic oxidation sites excluding steroid dienone is 6. The van der Waals surface area contributed by atoms with Crippen molar-refractivity contribution >= 4 is 0 Å². The molecule has 54 valence electrons. The fourth-order valence-corrected chi connectivity index (χ4v) is 1.27. The van der Waals surface area contributed by atoms with E-state index in [1.54, 1.807) is 0 Å². The molecule has 0 fully saturated rings. The number of hydrogen-bond acceptors (Lipinski definition) is 0. The van der Waals surface area contributed by atoms with E-state index in [-0.39, 0.29) is 0 Å². The van der Waals surface area contributed by atoms with Gasteiger partial charge in [-0.3, -0.25) is 0 Å². The summed E-state index contributed by atoms with van der Waals surface area (Å²) in [6, 6.07) is 0. The first-order valence-corrected chi connectivity index (χ1v) is 3.90. The molecule has 0 saturated carbocycles. The fourth-order valence-electron chi connectivity index (χ4n) is 1.27. The summed E-state index contributed by atoms with van der Waals surface area (Å²) in [6.07, 6.45) is 11.2. The lowest BCUT2D eigenvalue weighted by Gasteiger charge is -1.96. The molecule has 0 bridgehead atoms. The molecule has 0 atom stereocenters. The highest BCUT2D eigenvalue weighted by Crippen LogP contribution is 2.23.